The van der Waals surface area contributed by atoms with Crippen molar-refractivity contribution in [3.05, 3.63) is 34.9 Å². The lowest BCUT2D eigenvalue weighted by Crippen LogP contribution is -2.42. The first kappa shape index (κ1) is 23.4. The first-order valence-corrected chi connectivity index (χ1v) is 7.89. The number of hydrogen-bond acceptors (Lipinski definition) is 4. The standard InChI is InChI=1S/C17H17F6NO4/c1-9(25)3-4-13(15(27)28-2)24-14(26)7-10-5-11(16(18,19)20)8-12(6-10)17(21,22)23/h5-6,8,13H,3-4,7H2,1-2H3,(H,24,26)/t13-/m0/s1. The van der Waals surface area contributed by atoms with Crippen LogP contribution in [0.25, 0.3) is 0 Å². The maximum Gasteiger partial charge on any atom is 0.416 e. The first-order chi connectivity index (χ1) is 12.7. The van der Waals surface area contributed by atoms with Crippen molar-refractivity contribution in [2.45, 2.75) is 44.6 Å². The Morgan fingerprint density at radius 1 is 1.00 bits per heavy atom. The summed E-state index contributed by atoms with van der Waals surface area (Å²) in [7, 11) is 1.03. The van der Waals surface area contributed by atoms with Gasteiger partial charge in [0.05, 0.1) is 24.7 Å². The molecule has 0 unspecified atom stereocenters. The van der Waals surface area contributed by atoms with Gasteiger partial charge < -0.3 is 14.8 Å². The van der Waals surface area contributed by atoms with Crippen LogP contribution in [0.15, 0.2) is 18.2 Å². The molecule has 1 amide bonds. The zero-order chi connectivity index (χ0) is 21.7. The van der Waals surface area contributed by atoms with Crippen LogP contribution in [0.4, 0.5) is 26.3 Å². The Morgan fingerprint density at radius 3 is 1.89 bits per heavy atom. The predicted molar refractivity (Wildman–Crippen MR) is 84.0 cm³/mol. The van der Waals surface area contributed by atoms with Gasteiger partial charge in [0.1, 0.15) is 11.8 Å². The minimum atomic E-state index is -5.04. The van der Waals surface area contributed by atoms with E-state index in [2.05, 4.69) is 10.1 Å². The normalized spacial score (nSPS) is 13.0. The van der Waals surface area contributed by atoms with E-state index in [0.29, 0.717) is 12.1 Å². The zero-order valence-electron chi connectivity index (χ0n) is 14.8. The summed E-state index contributed by atoms with van der Waals surface area (Å²) in [5, 5.41) is 2.16. The van der Waals surface area contributed by atoms with Crippen LogP contribution in [0.2, 0.25) is 0 Å². The molecule has 0 aliphatic rings. The molecule has 1 atom stereocenters. The average Bonchev–Trinajstić information content (AvgIpc) is 2.55. The second-order valence-corrected chi connectivity index (χ2v) is 5.97. The number of ketones is 1. The predicted octanol–water partition coefficient (Wildman–Crippen LogP) is 3.29. The highest BCUT2D eigenvalue weighted by Gasteiger charge is 2.37. The number of ether oxygens (including phenoxy) is 1. The molecular formula is C17H17F6NO4. The van der Waals surface area contributed by atoms with Gasteiger partial charge in [-0.1, -0.05) is 0 Å². The lowest BCUT2D eigenvalue weighted by molar-refractivity contribution is -0.145. The zero-order valence-corrected chi connectivity index (χ0v) is 14.8. The molecule has 0 spiro atoms. The van der Waals surface area contributed by atoms with E-state index < -0.39 is 53.4 Å². The number of methoxy groups -OCH3 is 1. The molecule has 5 nitrogen and oxygen atoms in total. The molecule has 11 heteroatoms. The molecule has 0 aliphatic heterocycles. The van der Waals surface area contributed by atoms with Crippen LogP contribution in [0.5, 0.6) is 0 Å². The highest BCUT2D eigenvalue weighted by molar-refractivity contribution is 5.86. The number of carbonyl (C=O) groups excluding carboxylic acids is 3. The second-order valence-electron chi connectivity index (χ2n) is 5.97. The van der Waals surface area contributed by atoms with Crippen molar-refractivity contribution in [1.29, 1.82) is 0 Å². The molecule has 1 rings (SSSR count). The number of nitrogens with one attached hydrogen (secondary N) is 1. The number of hydrogen-bond donors (Lipinski definition) is 1. The van der Waals surface area contributed by atoms with Gasteiger partial charge in [-0.25, -0.2) is 4.79 Å². The second kappa shape index (κ2) is 9.07. The van der Waals surface area contributed by atoms with E-state index in [0.717, 1.165) is 7.11 Å². The third-order valence-electron chi connectivity index (χ3n) is 3.62. The lowest BCUT2D eigenvalue weighted by Gasteiger charge is -2.17. The number of amides is 1. The Kier molecular flexibility index (Phi) is 7.59. The Bertz CT molecular complexity index is 710. The number of halogens is 6. The van der Waals surface area contributed by atoms with Gasteiger partial charge in [-0.2, -0.15) is 26.3 Å². The fourth-order valence-electron chi connectivity index (χ4n) is 2.29. The summed E-state index contributed by atoms with van der Waals surface area (Å²) in [4.78, 5) is 34.7. The van der Waals surface area contributed by atoms with Gasteiger partial charge in [-0.05, 0) is 37.1 Å². The van der Waals surface area contributed by atoms with E-state index in [1.165, 1.54) is 6.92 Å². The smallest absolute Gasteiger partial charge is 0.416 e. The van der Waals surface area contributed by atoms with Crippen molar-refractivity contribution in [3.8, 4) is 0 Å². The van der Waals surface area contributed by atoms with Crippen LogP contribution < -0.4 is 5.32 Å². The highest BCUT2D eigenvalue weighted by atomic mass is 19.4. The van der Waals surface area contributed by atoms with E-state index in [4.69, 9.17) is 0 Å². The number of benzene rings is 1. The Labute approximate surface area is 156 Å². The van der Waals surface area contributed by atoms with E-state index in [9.17, 15) is 40.7 Å². The fraction of sp³-hybridized carbons (Fsp3) is 0.471. The molecule has 0 saturated carbocycles. The first-order valence-electron chi connectivity index (χ1n) is 7.89. The molecule has 0 aromatic heterocycles. The summed E-state index contributed by atoms with van der Waals surface area (Å²) < 4.78 is 81.6. The summed E-state index contributed by atoms with van der Waals surface area (Å²) in [6.07, 6.45) is -11.1. The van der Waals surface area contributed by atoms with Crippen LogP contribution in [-0.2, 0) is 37.9 Å². The molecular weight excluding hydrogens is 396 g/mol. The summed E-state index contributed by atoms with van der Waals surface area (Å²) in [5.74, 6) is -2.17. The minimum absolute atomic E-state index is 0.0501. The average molecular weight is 413 g/mol. The number of rotatable bonds is 7. The monoisotopic (exact) mass is 413 g/mol. The molecule has 156 valence electrons. The van der Waals surface area contributed by atoms with Gasteiger partial charge >= 0.3 is 18.3 Å². The van der Waals surface area contributed by atoms with Gasteiger partial charge in [0.25, 0.3) is 0 Å². The Hall–Kier alpha value is -2.59. The van der Waals surface area contributed by atoms with Gasteiger partial charge in [-0.15, -0.1) is 0 Å². The maximum atomic E-state index is 12.9. The van der Waals surface area contributed by atoms with Gasteiger partial charge in [0, 0.05) is 6.42 Å². The molecule has 1 aromatic rings. The molecule has 28 heavy (non-hydrogen) atoms. The van der Waals surface area contributed by atoms with Crippen molar-refractivity contribution >= 4 is 17.7 Å². The quantitative estimate of drug-likeness (QED) is 0.550. The largest absolute Gasteiger partial charge is 0.467 e. The third-order valence-corrected chi connectivity index (χ3v) is 3.62. The van der Waals surface area contributed by atoms with Crippen molar-refractivity contribution in [2.24, 2.45) is 0 Å². The molecule has 0 saturated heterocycles. The number of esters is 1. The Morgan fingerprint density at radius 2 is 1.50 bits per heavy atom. The van der Waals surface area contributed by atoms with E-state index in [-0.39, 0.29) is 24.7 Å². The van der Waals surface area contributed by atoms with Crippen LogP contribution >= 0.6 is 0 Å². The van der Waals surface area contributed by atoms with Crippen LogP contribution in [0.1, 0.15) is 36.5 Å². The molecule has 0 radical (unpaired) electrons. The van der Waals surface area contributed by atoms with Gasteiger partial charge in [0.2, 0.25) is 5.91 Å². The summed E-state index contributed by atoms with van der Waals surface area (Å²) in [6.45, 7) is 1.25. The fourth-order valence-corrected chi connectivity index (χ4v) is 2.29. The van der Waals surface area contributed by atoms with Gasteiger partial charge in [-0.3, -0.25) is 4.79 Å². The van der Waals surface area contributed by atoms with Crippen molar-refractivity contribution in [1.82, 2.24) is 5.32 Å². The topological polar surface area (TPSA) is 72.5 Å². The number of Topliss-reactive ketones (excluding diaryl/α,β-unsaturated/α-hetero) is 1. The van der Waals surface area contributed by atoms with Crippen LogP contribution in [0.3, 0.4) is 0 Å². The Balaban J connectivity index is 3.05. The van der Waals surface area contributed by atoms with Crippen LogP contribution in [-0.4, -0.2) is 30.8 Å². The number of carbonyl (C=O) groups is 3. The molecule has 0 aliphatic carbocycles. The van der Waals surface area contributed by atoms with Crippen LogP contribution in [0, 0.1) is 0 Å². The molecule has 1 aromatic carbocycles. The molecule has 0 bridgehead atoms. The molecule has 0 fully saturated rings. The number of alkyl halides is 6. The summed E-state index contributed by atoms with van der Waals surface area (Å²) in [6, 6.07) is -0.449. The van der Waals surface area contributed by atoms with E-state index in [1.807, 2.05) is 0 Å². The van der Waals surface area contributed by atoms with E-state index in [1.54, 1.807) is 0 Å². The minimum Gasteiger partial charge on any atom is -0.467 e. The van der Waals surface area contributed by atoms with Crippen molar-refractivity contribution in [2.75, 3.05) is 7.11 Å². The van der Waals surface area contributed by atoms with Crippen molar-refractivity contribution < 1.29 is 45.5 Å². The van der Waals surface area contributed by atoms with E-state index >= 15 is 0 Å². The summed E-state index contributed by atoms with van der Waals surface area (Å²) >= 11 is 0. The third kappa shape index (κ3) is 7.20. The molecule has 1 N–H and O–H groups in total. The lowest BCUT2D eigenvalue weighted by atomic mass is 10.0. The van der Waals surface area contributed by atoms with Gasteiger partial charge in [0.15, 0.2) is 0 Å². The maximum absolute atomic E-state index is 12.9. The highest BCUT2D eigenvalue weighted by Crippen LogP contribution is 2.36. The van der Waals surface area contributed by atoms with Crippen molar-refractivity contribution in [3.63, 3.8) is 0 Å². The molecule has 0 heterocycles. The summed E-state index contributed by atoms with van der Waals surface area (Å²) in [5.41, 5.74) is -3.63. The SMILES string of the molecule is COC(=O)[C@H](CCC(C)=O)NC(=O)Cc1cc(C(F)(F)F)cc(C(F)(F)F)c1.